The fourth-order valence-electron chi connectivity index (χ4n) is 2.13. The summed E-state index contributed by atoms with van der Waals surface area (Å²) >= 11 is 0. The minimum atomic E-state index is 0.0509. The molecule has 2 aliphatic heterocycles. The molecule has 0 saturated carbocycles. The quantitative estimate of drug-likeness (QED) is 0.575. The summed E-state index contributed by atoms with van der Waals surface area (Å²) in [5, 5.41) is 4.83. The normalized spacial score (nSPS) is 23.6. The molecule has 1 aromatic carbocycles. The first-order valence-corrected chi connectivity index (χ1v) is 4.81. The maximum atomic E-state index is 11.6. The molecular weight excluding hydrogens is 176 g/mol. The van der Waals surface area contributed by atoms with Gasteiger partial charge in [-0.05, 0) is 12.5 Å². The Morgan fingerprint density at radius 3 is 3.14 bits per heavy atom. The first-order chi connectivity index (χ1) is 6.86. The SMILES string of the molecule is O=C1NCCC2N=c3ccccc3=C12. The van der Waals surface area contributed by atoms with E-state index in [1.165, 1.54) is 0 Å². The van der Waals surface area contributed by atoms with Crippen LogP contribution in [0.15, 0.2) is 29.3 Å². The molecule has 3 nitrogen and oxygen atoms in total. The minimum Gasteiger partial charge on any atom is -0.352 e. The number of hydrogen-bond acceptors (Lipinski definition) is 2. The van der Waals surface area contributed by atoms with Gasteiger partial charge in [0.05, 0.1) is 17.0 Å². The summed E-state index contributed by atoms with van der Waals surface area (Å²) in [6.07, 6.45) is 0.926. The monoisotopic (exact) mass is 186 g/mol. The standard InChI is InChI=1S/C11H10N2O/c14-11-10-7-3-1-2-4-8(7)13-9(10)5-6-12-11/h1-4,9H,5-6H2,(H,12,14). The van der Waals surface area contributed by atoms with Gasteiger partial charge < -0.3 is 5.32 Å². The number of rotatable bonds is 0. The fourth-order valence-corrected chi connectivity index (χ4v) is 2.13. The van der Waals surface area contributed by atoms with E-state index in [1.807, 2.05) is 24.3 Å². The molecule has 1 N–H and O–H groups in total. The van der Waals surface area contributed by atoms with Crippen LogP contribution >= 0.6 is 0 Å². The number of fused-ring (bicyclic) bond motifs is 2. The van der Waals surface area contributed by atoms with E-state index in [4.69, 9.17) is 0 Å². The van der Waals surface area contributed by atoms with Crippen LogP contribution in [0.2, 0.25) is 0 Å². The second-order valence-corrected chi connectivity index (χ2v) is 3.62. The number of carbonyl (C=O) groups excluding carboxylic acids is 1. The number of piperidine rings is 1. The van der Waals surface area contributed by atoms with E-state index >= 15 is 0 Å². The van der Waals surface area contributed by atoms with Crippen molar-refractivity contribution in [2.24, 2.45) is 4.99 Å². The predicted molar refractivity (Wildman–Crippen MR) is 52.0 cm³/mol. The Morgan fingerprint density at radius 2 is 2.21 bits per heavy atom. The first kappa shape index (κ1) is 7.74. The van der Waals surface area contributed by atoms with Gasteiger partial charge in [0.1, 0.15) is 0 Å². The largest absolute Gasteiger partial charge is 0.352 e. The first-order valence-electron chi connectivity index (χ1n) is 4.81. The summed E-state index contributed by atoms with van der Waals surface area (Å²) in [4.78, 5) is 16.2. The van der Waals surface area contributed by atoms with Crippen LogP contribution in [0.1, 0.15) is 6.42 Å². The van der Waals surface area contributed by atoms with Gasteiger partial charge in [0.2, 0.25) is 5.91 Å². The van der Waals surface area contributed by atoms with Gasteiger partial charge >= 0.3 is 0 Å². The van der Waals surface area contributed by atoms with Crippen LogP contribution in [0.3, 0.4) is 0 Å². The van der Waals surface area contributed by atoms with E-state index < -0.39 is 0 Å². The molecular formula is C11H10N2O. The van der Waals surface area contributed by atoms with E-state index in [9.17, 15) is 4.79 Å². The van der Waals surface area contributed by atoms with Gasteiger partial charge in [0, 0.05) is 11.8 Å². The number of nitrogens with zero attached hydrogens (tertiary/aromatic N) is 1. The molecule has 0 spiro atoms. The molecule has 2 heterocycles. The Kier molecular flexibility index (Phi) is 1.48. The molecule has 1 saturated heterocycles. The highest BCUT2D eigenvalue weighted by atomic mass is 16.1. The summed E-state index contributed by atoms with van der Waals surface area (Å²) in [5.41, 5.74) is 0.854. The average Bonchev–Trinajstić information content (AvgIpc) is 2.57. The maximum absolute atomic E-state index is 11.6. The number of benzene rings is 1. The Hall–Kier alpha value is -1.64. The molecule has 3 rings (SSSR count). The van der Waals surface area contributed by atoms with Gasteiger partial charge in [-0.25, -0.2) is 0 Å². The lowest BCUT2D eigenvalue weighted by Gasteiger charge is -2.18. The third-order valence-corrected chi connectivity index (χ3v) is 2.77. The van der Waals surface area contributed by atoms with Crippen LogP contribution in [-0.4, -0.2) is 18.5 Å². The molecule has 2 aliphatic rings. The number of para-hydroxylation sites is 1. The molecule has 70 valence electrons. The summed E-state index contributed by atoms with van der Waals surface area (Å²) in [7, 11) is 0. The van der Waals surface area contributed by atoms with E-state index in [0.29, 0.717) is 0 Å². The zero-order valence-corrected chi connectivity index (χ0v) is 7.66. The van der Waals surface area contributed by atoms with E-state index in [0.717, 1.165) is 29.1 Å². The Morgan fingerprint density at radius 1 is 1.36 bits per heavy atom. The van der Waals surface area contributed by atoms with Crippen molar-refractivity contribution in [1.82, 2.24) is 5.32 Å². The molecule has 1 amide bonds. The van der Waals surface area contributed by atoms with Crippen molar-refractivity contribution in [3.63, 3.8) is 0 Å². The van der Waals surface area contributed by atoms with Gasteiger partial charge in [-0.1, -0.05) is 18.2 Å². The summed E-state index contributed by atoms with van der Waals surface area (Å²) < 4.78 is 0. The van der Waals surface area contributed by atoms with Crippen molar-refractivity contribution in [1.29, 1.82) is 0 Å². The van der Waals surface area contributed by atoms with E-state index in [-0.39, 0.29) is 11.9 Å². The summed E-state index contributed by atoms with van der Waals surface area (Å²) in [5.74, 6) is 0.0509. The van der Waals surface area contributed by atoms with Crippen LogP contribution in [0.5, 0.6) is 0 Å². The molecule has 14 heavy (non-hydrogen) atoms. The van der Waals surface area contributed by atoms with Gasteiger partial charge in [0.25, 0.3) is 0 Å². The van der Waals surface area contributed by atoms with Crippen LogP contribution in [0.25, 0.3) is 5.57 Å². The Balaban J connectivity index is 2.36. The van der Waals surface area contributed by atoms with Crippen LogP contribution in [0, 0.1) is 0 Å². The Bertz CT molecular complexity index is 518. The predicted octanol–water partition coefficient (Wildman–Crippen LogP) is -0.641. The zero-order valence-electron chi connectivity index (χ0n) is 7.66. The number of hydrogen-bond donors (Lipinski definition) is 1. The summed E-state index contributed by atoms with van der Waals surface area (Å²) in [6.45, 7) is 0.741. The lowest BCUT2D eigenvalue weighted by Crippen LogP contribution is -2.39. The van der Waals surface area contributed by atoms with Crippen molar-refractivity contribution in [2.45, 2.75) is 12.5 Å². The average molecular weight is 186 g/mol. The van der Waals surface area contributed by atoms with Gasteiger partial charge in [-0.15, -0.1) is 0 Å². The van der Waals surface area contributed by atoms with Crippen molar-refractivity contribution < 1.29 is 4.79 Å². The zero-order chi connectivity index (χ0) is 9.54. The van der Waals surface area contributed by atoms with E-state index in [2.05, 4.69) is 10.3 Å². The van der Waals surface area contributed by atoms with Gasteiger partial charge in [0.15, 0.2) is 0 Å². The van der Waals surface area contributed by atoms with Crippen LogP contribution in [-0.2, 0) is 4.79 Å². The second kappa shape index (κ2) is 2.67. The molecule has 1 atom stereocenters. The lowest BCUT2D eigenvalue weighted by molar-refractivity contribution is -0.116. The third kappa shape index (κ3) is 0.923. The fraction of sp³-hybridized carbons (Fsp3) is 0.273. The maximum Gasteiger partial charge on any atom is 0.250 e. The highest BCUT2D eigenvalue weighted by Gasteiger charge is 2.28. The highest BCUT2D eigenvalue weighted by molar-refractivity contribution is 6.16. The second-order valence-electron chi connectivity index (χ2n) is 3.62. The molecule has 3 heteroatoms. The van der Waals surface area contributed by atoms with E-state index in [1.54, 1.807) is 0 Å². The van der Waals surface area contributed by atoms with Crippen LogP contribution < -0.4 is 15.9 Å². The molecule has 1 unspecified atom stereocenters. The smallest absolute Gasteiger partial charge is 0.250 e. The van der Waals surface area contributed by atoms with Crippen molar-refractivity contribution in [2.75, 3.05) is 6.54 Å². The molecule has 1 fully saturated rings. The lowest BCUT2D eigenvalue weighted by atomic mass is 10.00. The Labute approximate surface area is 81.2 Å². The number of carbonyl (C=O) groups is 1. The van der Waals surface area contributed by atoms with Crippen molar-refractivity contribution in [3.05, 3.63) is 34.8 Å². The number of nitrogens with one attached hydrogen (secondary N) is 1. The highest BCUT2D eigenvalue weighted by Crippen LogP contribution is 2.16. The summed E-state index contributed by atoms with van der Waals surface area (Å²) in [6, 6.07) is 7.94. The molecule has 1 aromatic rings. The van der Waals surface area contributed by atoms with Gasteiger partial charge in [-0.3, -0.25) is 9.79 Å². The van der Waals surface area contributed by atoms with Crippen molar-refractivity contribution >= 4 is 11.5 Å². The molecule has 0 aromatic heterocycles. The molecule has 0 bridgehead atoms. The minimum absolute atomic E-state index is 0.0509. The van der Waals surface area contributed by atoms with Crippen molar-refractivity contribution in [3.8, 4) is 0 Å². The molecule has 0 aliphatic carbocycles. The third-order valence-electron chi connectivity index (χ3n) is 2.77. The molecule has 0 radical (unpaired) electrons. The number of amides is 1. The van der Waals surface area contributed by atoms with Crippen LogP contribution in [0.4, 0.5) is 0 Å². The topological polar surface area (TPSA) is 41.5 Å². The van der Waals surface area contributed by atoms with Gasteiger partial charge in [-0.2, -0.15) is 0 Å².